The number of hydrazone groups is 1. The van der Waals surface area contributed by atoms with Gasteiger partial charge >= 0.3 is 11.7 Å². The highest BCUT2D eigenvalue weighted by atomic mass is 16.6. The molecule has 12 heteroatoms. The molecule has 1 amide bonds. The van der Waals surface area contributed by atoms with Crippen LogP contribution < -0.4 is 14.9 Å². The number of methoxy groups -OCH3 is 1. The van der Waals surface area contributed by atoms with E-state index in [1.165, 1.54) is 37.5 Å². The normalized spacial score (nSPS) is 10.8. The Morgan fingerprint density at radius 3 is 2.25 bits per heavy atom. The zero-order valence-corrected chi connectivity index (χ0v) is 18.7. The number of hydrogen-bond acceptors (Lipinski definition) is 9. The number of nitrogens with one attached hydrogen (secondary N) is 1. The predicted octanol–water partition coefficient (Wildman–Crippen LogP) is 3.89. The van der Waals surface area contributed by atoms with Crippen LogP contribution in [0.25, 0.3) is 6.08 Å². The summed E-state index contributed by atoms with van der Waals surface area (Å²) >= 11 is 0. The number of non-ortho nitro benzene ring substituents is 1. The lowest BCUT2D eigenvalue weighted by Gasteiger charge is -2.06. The molecule has 0 saturated carbocycles. The summed E-state index contributed by atoms with van der Waals surface area (Å²) in [5.41, 5.74) is 2.38. The van der Waals surface area contributed by atoms with E-state index in [4.69, 9.17) is 9.47 Å². The first-order valence-corrected chi connectivity index (χ1v) is 10.2. The Labute approximate surface area is 203 Å². The summed E-state index contributed by atoms with van der Waals surface area (Å²) in [6.45, 7) is 0. The lowest BCUT2D eigenvalue weighted by Crippen LogP contribution is -2.17. The minimum absolute atomic E-state index is 0.0550. The smallest absolute Gasteiger partial charge is 0.336 e. The van der Waals surface area contributed by atoms with E-state index in [2.05, 4.69) is 10.5 Å². The fourth-order valence-electron chi connectivity index (χ4n) is 2.87. The largest absolute Gasteiger partial charge is 0.497 e. The Kier molecular flexibility index (Phi) is 8.17. The lowest BCUT2D eigenvalue weighted by molar-refractivity contribution is -0.385. The van der Waals surface area contributed by atoms with Crippen molar-refractivity contribution in [2.75, 3.05) is 7.11 Å². The van der Waals surface area contributed by atoms with Crippen LogP contribution in [-0.4, -0.2) is 35.0 Å². The number of esters is 1. The fraction of sp³-hybridized carbons (Fsp3) is 0.0417. The molecule has 0 aliphatic carbocycles. The van der Waals surface area contributed by atoms with Gasteiger partial charge in [0.25, 0.3) is 11.6 Å². The predicted molar refractivity (Wildman–Crippen MR) is 129 cm³/mol. The van der Waals surface area contributed by atoms with Gasteiger partial charge < -0.3 is 9.47 Å². The highest BCUT2D eigenvalue weighted by Crippen LogP contribution is 2.30. The molecule has 0 aliphatic heterocycles. The second kappa shape index (κ2) is 11.7. The molecule has 0 aromatic heterocycles. The molecule has 0 unspecified atom stereocenters. The van der Waals surface area contributed by atoms with E-state index in [-0.39, 0.29) is 22.6 Å². The first-order valence-electron chi connectivity index (χ1n) is 10.2. The van der Waals surface area contributed by atoms with E-state index in [0.717, 1.165) is 30.5 Å². The minimum atomic E-state index is -0.871. The second-order valence-electron chi connectivity index (χ2n) is 6.98. The van der Waals surface area contributed by atoms with Gasteiger partial charge in [0.15, 0.2) is 0 Å². The Balaban J connectivity index is 1.75. The van der Waals surface area contributed by atoms with Crippen LogP contribution in [0.5, 0.6) is 11.5 Å². The average Bonchev–Trinajstić information content (AvgIpc) is 2.88. The zero-order valence-electron chi connectivity index (χ0n) is 18.7. The molecule has 3 rings (SSSR count). The third-order valence-electron chi connectivity index (χ3n) is 4.66. The van der Waals surface area contributed by atoms with Crippen molar-refractivity contribution in [1.82, 2.24) is 5.43 Å². The number of ether oxygens (including phenoxy) is 2. The monoisotopic (exact) mass is 490 g/mol. The molecule has 12 nitrogen and oxygen atoms in total. The van der Waals surface area contributed by atoms with Gasteiger partial charge in [-0.1, -0.05) is 18.2 Å². The van der Waals surface area contributed by atoms with Crippen molar-refractivity contribution in [2.45, 2.75) is 0 Å². The van der Waals surface area contributed by atoms with E-state index in [1.54, 1.807) is 24.3 Å². The summed E-state index contributed by atoms with van der Waals surface area (Å²) in [6, 6.07) is 15.6. The quantitative estimate of drug-likeness (QED) is 0.118. The maximum Gasteiger partial charge on any atom is 0.336 e. The Morgan fingerprint density at radius 1 is 0.944 bits per heavy atom. The molecule has 36 heavy (non-hydrogen) atoms. The molecule has 3 aromatic rings. The van der Waals surface area contributed by atoms with Crippen molar-refractivity contribution in [3.63, 3.8) is 0 Å². The van der Waals surface area contributed by atoms with Gasteiger partial charge in [-0.05, 0) is 42.0 Å². The van der Waals surface area contributed by atoms with E-state index in [9.17, 15) is 29.8 Å². The summed E-state index contributed by atoms with van der Waals surface area (Å²) in [5.74, 6) is -1.27. The number of amides is 1. The zero-order chi connectivity index (χ0) is 26.1. The number of nitrogens with zero attached hydrogens (tertiary/aromatic N) is 3. The van der Waals surface area contributed by atoms with E-state index in [0.29, 0.717) is 11.3 Å². The number of benzene rings is 3. The molecule has 0 saturated heterocycles. The molecule has 0 atom stereocenters. The highest BCUT2D eigenvalue weighted by molar-refractivity contribution is 5.96. The van der Waals surface area contributed by atoms with E-state index < -0.39 is 27.4 Å². The van der Waals surface area contributed by atoms with Crippen LogP contribution in [0.15, 0.2) is 77.9 Å². The van der Waals surface area contributed by atoms with Gasteiger partial charge in [0.2, 0.25) is 5.75 Å². The van der Waals surface area contributed by atoms with Crippen molar-refractivity contribution in [3.8, 4) is 11.5 Å². The van der Waals surface area contributed by atoms with Crippen LogP contribution in [0.2, 0.25) is 0 Å². The molecular formula is C24H18N4O8. The molecular weight excluding hydrogens is 472 g/mol. The Morgan fingerprint density at radius 2 is 1.64 bits per heavy atom. The van der Waals surface area contributed by atoms with Gasteiger partial charge in [0.05, 0.1) is 23.2 Å². The SMILES string of the molecule is COc1ccc(/C=C/C(=O)Oc2c(/C=N/NC(=O)c3ccc([N+](=O)[O-])cc3)cccc2[N+](=O)[O-])cc1. The van der Waals surface area contributed by atoms with Crippen molar-refractivity contribution in [1.29, 1.82) is 0 Å². The summed E-state index contributed by atoms with van der Waals surface area (Å²) in [4.78, 5) is 45.4. The molecule has 0 spiro atoms. The topological polar surface area (TPSA) is 163 Å². The number of carbonyl (C=O) groups is 2. The Bertz CT molecular complexity index is 1350. The summed E-state index contributed by atoms with van der Waals surface area (Å²) in [7, 11) is 1.52. The molecule has 3 aromatic carbocycles. The Hall–Kier alpha value is -5.39. The van der Waals surface area contributed by atoms with Crippen molar-refractivity contribution in [2.24, 2.45) is 5.10 Å². The summed E-state index contributed by atoms with van der Waals surface area (Å²) < 4.78 is 10.3. The van der Waals surface area contributed by atoms with Gasteiger partial charge in [-0.3, -0.25) is 25.0 Å². The first-order chi connectivity index (χ1) is 17.3. The number of nitro benzene ring substituents is 2. The number of rotatable bonds is 9. The number of carbonyl (C=O) groups excluding carboxylic acids is 2. The van der Waals surface area contributed by atoms with Gasteiger partial charge in [-0.25, -0.2) is 10.2 Å². The van der Waals surface area contributed by atoms with E-state index >= 15 is 0 Å². The third-order valence-corrected chi connectivity index (χ3v) is 4.66. The van der Waals surface area contributed by atoms with Crippen LogP contribution in [-0.2, 0) is 4.79 Å². The molecule has 0 bridgehead atoms. The lowest BCUT2D eigenvalue weighted by atomic mass is 10.2. The summed E-state index contributed by atoms with van der Waals surface area (Å²) in [5, 5.41) is 25.9. The van der Waals surface area contributed by atoms with Gasteiger partial charge in [-0.15, -0.1) is 0 Å². The molecule has 0 radical (unpaired) electrons. The standard InChI is InChI=1S/C24H18N4O8/c1-35-20-12-5-16(6-13-20)7-14-22(29)36-23-18(3-2-4-21(23)28(33)34)15-25-26-24(30)17-8-10-19(11-9-17)27(31)32/h2-15H,1H3,(H,26,30)/b14-7+,25-15+. The highest BCUT2D eigenvalue weighted by Gasteiger charge is 2.20. The number of hydrogen-bond donors (Lipinski definition) is 1. The summed E-state index contributed by atoms with van der Waals surface area (Å²) in [6.07, 6.45) is 3.65. The van der Waals surface area contributed by atoms with Gasteiger partial charge in [0.1, 0.15) is 5.75 Å². The fourth-order valence-corrected chi connectivity index (χ4v) is 2.87. The number of para-hydroxylation sites is 1. The third kappa shape index (κ3) is 6.57. The molecule has 182 valence electrons. The van der Waals surface area contributed by atoms with Crippen LogP contribution in [0.1, 0.15) is 21.5 Å². The maximum absolute atomic E-state index is 12.4. The van der Waals surface area contributed by atoms with Crippen LogP contribution in [0, 0.1) is 20.2 Å². The average molecular weight is 490 g/mol. The van der Waals surface area contributed by atoms with Crippen molar-refractivity contribution < 1.29 is 28.9 Å². The molecule has 0 aliphatic rings. The van der Waals surface area contributed by atoms with Gasteiger partial charge in [0, 0.05) is 35.4 Å². The molecule has 1 N–H and O–H groups in total. The van der Waals surface area contributed by atoms with Gasteiger partial charge in [-0.2, -0.15) is 5.10 Å². The second-order valence-corrected chi connectivity index (χ2v) is 6.98. The number of nitro groups is 2. The van der Waals surface area contributed by atoms with Crippen LogP contribution in [0.4, 0.5) is 11.4 Å². The minimum Gasteiger partial charge on any atom is -0.497 e. The van der Waals surface area contributed by atoms with Crippen LogP contribution >= 0.6 is 0 Å². The molecule has 0 heterocycles. The first kappa shape index (κ1) is 25.2. The molecule has 0 fully saturated rings. The van der Waals surface area contributed by atoms with Crippen molar-refractivity contribution >= 4 is 35.5 Å². The van der Waals surface area contributed by atoms with E-state index in [1.807, 2.05) is 0 Å². The van der Waals surface area contributed by atoms with Crippen LogP contribution in [0.3, 0.4) is 0 Å². The maximum atomic E-state index is 12.4. The van der Waals surface area contributed by atoms with Crippen molar-refractivity contribution in [3.05, 3.63) is 110 Å².